The van der Waals surface area contributed by atoms with Crippen LogP contribution >= 0.6 is 11.6 Å². The Kier molecular flexibility index (Phi) is 3.46. The Morgan fingerprint density at radius 2 is 2.21 bits per heavy atom. The van der Waals surface area contributed by atoms with Gasteiger partial charge in [0.25, 0.3) is 0 Å². The van der Waals surface area contributed by atoms with Crippen molar-refractivity contribution in [3.63, 3.8) is 0 Å². The van der Waals surface area contributed by atoms with Gasteiger partial charge in [-0.3, -0.25) is 0 Å². The van der Waals surface area contributed by atoms with Gasteiger partial charge >= 0.3 is 5.97 Å². The Balaban J connectivity index is 3.06. The topological polar surface area (TPSA) is 83.5 Å². The minimum absolute atomic E-state index is 0.0283. The fourth-order valence-electron chi connectivity index (χ4n) is 1.04. The number of carboxylic acid groups (broad SMARTS) is 1. The summed E-state index contributed by atoms with van der Waals surface area (Å²) in [6.07, 6.45) is 0. The largest absolute Gasteiger partial charge is 0.478 e. The number of carbonyl (C=O) groups is 1. The molecule has 0 aliphatic carbocycles. The summed E-state index contributed by atoms with van der Waals surface area (Å²) >= 11 is 5.71. The second kappa shape index (κ2) is 4.41. The van der Waals surface area contributed by atoms with E-state index in [9.17, 15) is 4.79 Å². The van der Waals surface area contributed by atoms with Crippen molar-refractivity contribution in [1.29, 1.82) is 0 Å². The summed E-state index contributed by atoms with van der Waals surface area (Å²) in [6.45, 7) is -0.206. The number of aliphatic hydroxyl groups excluding tert-OH is 1. The Morgan fingerprint density at radius 3 is 2.64 bits per heavy atom. The Labute approximate surface area is 85.9 Å². The second-order valence-electron chi connectivity index (χ2n) is 2.83. The average Bonchev–Trinajstić information content (AvgIpc) is 2.15. The van der Waals surface area contributed by atoms with Crippen LogP contribution in [0.3, 0.4) is 0 Å². The molecule has 4 nitrogen and oxygen atoms in total. The van der Waals surface area contributed by atoms with Gasteiger partial charge in [0.05, 0.1) is 23.2 Å². The lowest BCUT2D eigenvalue weighted by atomic mass is 10.1. The fourth-order valence-corrected chi connectivity index (χ4v) is 1.31. The van der Waals surface area contributed by atoms with Gasteiger partial charge in [0.2, 0.25) is 0 Å². The van der Waals surface area contributed by atoms with Gasteiger partial charge in [-0.1, -0.05) is 17.7 Å². The lowest BCUT2D eigenvalue weighted by Gasteiger charge is -2.09. The third-order valence-corrected chi connectivity index (χ3v) is 2.16. The van der Waals surface area contributed by atoms with E-state index in [-0.39, 0.29) is 17.2 Å². The molecule has 0 saturated heterocycles. The molecule has 0 unspecified atom stereocenters. The molecule has 0 aliphatic rings. The van der Waals surface area contributed by atoms with Crippen LogP contribution in [0, 0.1) is 0 Å². The molecule has 0 bridgehead atoms. The number of hydrogen-bond donors (Lipinski definition) is 3. The molecule has 0 aromatic heterocycles. The number of carboxylic acids is 1. The SMILES string of the molecule is N[C@H](CO)c1ccc(C(=O)O)c(Cl)c1. The van der Waals surface area contributed by atoms with Gasteiger partial charge in [-0.2, -0.15) is 0 Å². The molecule has 76 valence electrons. The zero-order chi connectivity index (χ0) is 10.7. The second-order valence-corrected chi connectivity index (χ2v) is 3.24. The van der Waals surface area contributed by atoms with Gasteiger partial charge in [0, 0.05) is 0 Å². The number of rotatable bonds is 3. The van der Waals surface area contributed by atoms with Gasteiger partial charge in [-0.25, -0.2) is 4.79 Å². The van der Waals surface area contributed by atoms with E-state index < -0.39 is 12.0 Å². The highest BCUT2D eigenvalue weighted by molar-refractivity contribution is 6.33. The normalized spacial score (nSPS) is 12.5. The van der Waals surface area contributed by atoms with Gasteiger partial charge in [-0.15, -0.1) is 0 Å². The standard InChI is InChI=1S/C9H10ClNO3/c10-7-3-5(8(11)4-12)1-2-6(7)9(13)14/h1-3,8,12H,4,11H2,(H,13,14)/t8-/m1/s1. The molecule has 0 amide bonds. The monoisotopic (exact) mass is 215 g/mol. The number of aliphatic hydroxyl groups is 1. The number of nitrogens with two attached hydrogens (primary N) is 1. The molecule has 0 heterocycles. The number of benzene rings is 1. The third-order valence-electron chi connectivity index (χ3n) is 1.85. The summed E-state index contributed by atoms with van der Waals surface area (Å²) in [4.78, 5) is 10.6. The van der Waals surface area contributed by atoms with Crippen LogP contribution in [-0.4, -0.2) is 22.8 Å². The smallest absolute Gasteiger partial charge is 0.337 e. The lowest BCUT2D eigenvalue weighted by Crippen LogP contribution is -2.14. The van der Waals surface area contributed by atoms with E-state index in [1.807, 2.05) is 0 Å². The molecule has 1 aromatic rings. The predicted octanol–water partition coefficient (Wildman–Crippen LogP) is 1.03. The predicted molar refractivity (Wildman–Crippen MR) is 52.4 cm³/mol. The van der Waals surface area contributed by atoms with Gasteiger partial charge < -0.3 is 15.9 Å². The fraction of sp³-hybridized carbons (Fsp3) is 0.222. The van der Waals surface area contributed by atoms with Crippen LogP contribution in [-0.2, 0) is 0 Å². The average molecular weight is 216 g/mol. The van der Waals surface area contributed by atoms with E-state index in [2.05, 4.69) is 0 Å². The Hall–Kier alpha value is -1.10. The van der Waals surface area contributed by atoms with Crippen LogP contribution in [0.1, 0.15) is 22.0 Å². The maximum Gasteiger partial charge on any atom is 0.337 e. The first kappa shape index (κ1) is 11.0. The van der Waals surface area contributed by atoms with E-state index in [1.165, 1.54) is 18.2 Å². The molecule has 0 fully saturated rings. The Morgan fingerprint density at radius 1 is 1.57 bits per heavy atom. The summed E-state index contributed by atoms with van der Waals surface area (Å²) in [6, 6.07) is 3.83. The van der Waals surface area contributed by atoms with Crippen molar-refractivity contribution in [2.24, 2.45) is 5.73 Å². The van der Waals surface area contributed by atoms with Crippen LogP contribution in [0.15, 0.2) is 18.2 Å². The van der Waals surface area contributed by atoms with Crippen molar-refractivity contribution < 1.29 is 15.0 Å². The highest BCUT2D eigenvalue weighted by atomic mass is 35.5. The molecule has 0 saturated carbocycles. The molecule has 0 radical (unpaired) electrons. The van der Waals surface area contributed by atoms with Crippen molar-refractivity contribution in [1.82, 2.24) is 0 Å². The van der Waals surface area contributed by atoms with E-state index in [4.69, 9.17) is 27.5 Å². The van der Waals surface area contributed by atoms with Crippen molar-refractivity contribution in [3.8, 4) is 0 Å². The molecule has 0 aliphatic heterocycles. The first-order chi connectivity index (χ1) is 6.56. The van der Waals surface area contributed by atoms with Crippen LogP contribution in [0.25, 0.3) is 0 Å². The first-order valence-electron chi connectivity index (χ1n) is 3.95. The molecule has 14 heavy (non-hydrogen) atoms. The molecular formula is C9H10ClNO3. The number of aromatic carboxylic acids is 1. The van der Waals surface area contributed by atoms with Crippen molar-refractivity contribution in [2.45, 2.75) is 6.04 Å². The van der Waals surface area contributed by atoms with Crippen molar-refractivity contribution in [2.75, 3.05) is 6.61 Å². The van der Waals surface area contributed by atoms with Crippen molar-refractivity contribution in [3.05, 3.63) is 34.3 Å². The van der Waals surface area contributed by atoms with Crippen molar-refractivity contribution >= 4 is 17.6 Å². The molecule has 5 heteroatoms. The summed E-state index contributed by atoms with van der Waals surface area (Å²) in [5.41, 5.74) is 6.17. The van der Waals surface area contributed by atoms with Crippen LogP contribution < -0.4 is 5.73 Å². The molecule has 1 atom stereocenters. The highest BCUT2D eigenvalue weighted by Gasteiger charge is 2.11. The molecule has 1 aromatic carbocycles. The quantitative estimate of drug-likeness (QED) is 0.703. The summed E-state index contributed by atoms with van der Waals surface area (Å²) in [7, 11) is 0. The van der Waals surface area contributed by atoms with Crippen LogP contribution in [0.2, 0.25) is 5.02 Å². The Bertz CT molecular complexity index is 354. The van der Waals surface area contributed by atoms with E-state index in [0.717, 1.165) is 0 Å². The number of hydrogen-bond acceptors (Lipinski definition) is 3. The molecular weight excluding hydrogens is 206 g/mol. The van der Waals surface area contributed by atoms with Gasteiger partial charge in [0.15, 0.2) is 0 Å². The van der Waals surface area contributed by atoms with Gasteiger partial charge in [0.1, 0.15) is 0 Å². The molecule has 4 N–H and O–H groups in total. The third kappa shape index (κ3) is 2.23. The first-order valence-corrected chi connectivity index (χ1v) is 4.33. The minimum atomic E-state index is -1.08. The van der Waals surface area contributed by atoms with Crippen LogP contribution in [0.4, 0.5) is 0 Å². The van der Waals surface area contributed by atoms with E-state index >= 15 is 0 Å². The summed E-state index contributed by atoms with van der Waals surface area (Å²) < 4.78 is 0. The summed E-state index contributed by atoms with van der Waals surface area (Å²) in [5, 5.41) is 17.6. The van der Waals surface area contributed by atoms with Crippen LogP contribution in [0.5, 0.6) is 0 Å². The minimum Gasteiger partial charge on any atom is -0.478 e. The van der Waals surface area contributed by atoms with E-state index in [1.54, 1.807) is 0 Å². The lowest BCUT2D eigenvalue weighted by molar-refractivity contribution is 0.0697. The summed E-state index contributed by atoms with van der Waals surface area (Å²) in [5.74, 6) is -1.08. The van der Waals surface area contributed by atoms with E-state index in [0.29, 0.717) is 5.56 Å². The zero-order valence-corrected chi connectivity index (χ0v) is 8.03. The maximum atomic E-state index is 10.6. The number of halogens is 1. The molecule has 1 rings (SSSR count). The zero-order valence-electron chi connectivity index (χ0n) is 7.27. The highest BCUT2D eigenvalue weighted by Crippen LogP contribution is 2.20. The maximum absolute atomic E-state index is 10.6. The molecule has 0 spiro atoms. The van der Waals surface area contributed by atoms with Gasteiger partial charge in [-0.05, 0) is 17.7 Å².